The molecule has 2 aromatic rings. The first-order valence-electron chi connectivity index (χ1n) is 10.8. The Bertz CT molecular complexity index is 922. The Morgan fingerprint density at radius 1 is 1.06 bits per heavy atom. The van der Waals surface area contributed by atoms with Crippen LogP contribution in [0.5, 0.6) is 11.5 Å². The Hall–Kier alpha value is -2.54. The van der Waals surface area contributed by atoms with Crippen LogP contribution in [0.15, 0.2) is 42.6 Å². The number of alkyl halides is 3. The van der Waals surface area contributed by atoms with Crippen molar-refractivity contribution < 1.29 is 22.6 Å². The van der Waals surface area contributed by atoms with Crippen LogP contribution in [0.2, 0.25) is 5.02 Å². The molecule has 0 spiro atoms. The van der Waals surface area contributed by atoms with E-state index in [0.717, 1.165) is 31.7 Å². The molecule has 0 amide bonds. The summed E-state index contributed by atoms with van der Waals surface area (Å²) in [5, 5.41) is 3.36. The van der Waals surface area contributed by atoms with Crippen molar-refractivity contribution in [2.75, 3.05) is 24.7 Å². The fourth-order valence-corrected chi connectivity index (χ4v) is 3.57. The Labute approximate surface area is 192 Å². The van der Waals surface area contributed by atoms with Crippen molar-refractivity contribution in [2.24, 2.45) is 0 Å². The highest BCUT2D eigenvalue weighted by molar-refractivity contribution is 6.30. The molecule has 8 heteroatoms. The molecule has 1 aliphatic rings. The van der Waals surface area contributed by atoms with E-state index in [-0.39, 0.29) is 18.2 Å². The molecule has 0 unspecified atom stereocenters. The Morgan fingerprint density at radius 2 is 1.72 bits per heavy atom. The lowest BCUT2D eigenvalue weighted by Gasteiger charge is -2.29. The molecular formula is C24H28ClF3N2O2. The van der Waals surface area contributed by atoms with Crippen LogP contribution in [0.1, 0.15) is 50.7 Å². The fourth-order valence-electron chi connectivity index (χ4n) is 3.44. The van der Waals surface area contributed by atoms with Gasteiger partial charge in [-0.3, -0.25) is 0 Å². The third-order valence-electron chi connectivity index (χ3n) is 5.14. The second-order valence-corrected chi connectivity index (χ2v) is 8.06. The van der Waals surface area contributed by atoms with Crippen LogP contribution < -0.4 is 15.0 Å². The zero-order valence-corrected chi connectivity index (χ0v) is 19.0. The quantitative estimate of drug-likeness (QED) is 0.393. The average molecular weight is 469 g/mol. The predicted molar refractivity (Wildman–Crippen MR) is 122 cm³/mol. The van der Waals surface area contributed by atoms with Gasteiger partial charge >= 0.3 is 6.18 Å². The first kappa shape index (κ1) is 24.1. The monoisotopic (exact) mass is 468 g/mol. The summed E-state index contributed by atoms with van der Waals surface area (Å²) in [6.45, 7) is 5.61. The molecule has 0 aliphatic carbocycles. The molecule has 1 heterocycles. The van der Waals surface area contributed by atoms with Crippen LogP contribution in [0.3, 0.4) is 0 Å². The van der Waals surface area contributed by atoms with Gasteiger partial charge in [0.05, 0.1) is 5.69 Å². The van der Waals surface area contributed by atoms with Crippen LogP contribution >= 0.6 is 11.6 Å². The SMILES string of the molecule is CCCCN(CCCC)c1cc(C2=CNCO2)cc(C(F)(F)F)c1Oc1ccc(Cl)cc1. The number of hydrogen-bond acceptors (Lipinski definition) is 4. The van der Waals surface area contributed by atoms with Gasteiger partial charge in [0, 0.05) is 29.9 Å². The molecule has 0 bridgehead atoms. The Morgan fingerprint density at radius 3 is 2.25 bits per heavy atom. The van der Waals surface area contributed by atoms with E-state index in [0.29, 0.717) is 35.1 Å². The topological polar surface area (TPSA) is 33.7 Å². The third-order valence-corrected chi connectivity index (χ3v) is 5.39. The summed E-state index contributed by atoms with van der Waals surface area (Å²) in [6, 6.07) is 9.13. The molecule has 3 rings (SSSR count). The van der Waals surface area contributed by atoms with Gasteiger partial charge in [0.2, 0.25) is 0 Å². The Kier molecular flexibility index (Phi) is 8.18. The molecule has 0 radical (unpaired) electrons. The molecule has 2 aromatic carbocycles. The van der Waals surface area contributed by atoms with E-state index < -0.39 is 11.7 Å². The molecule has 0 atom stereocenters. The van der Waals surface area contributed by atoms with Gasteiger partial charge in [-0.1, -0.05) is 38.3 Å². The second-order valence-electron chi connectivity index (χ2n) is 7.62. The number of nitrogens with zero attached hydrogens (tertiary/aromatic N) is 1. The lowest BCUT2D eigenvalue weighted by atomic mass is 10.0. The summed E-state index contributed by atoms with van der Waals surface area (Å²) < 4.78 is 54.1. The minimum atomic E-state index is -4.61. The van der Waals surface area contributed by atoms with Crippen molar-refractivity contribution in [2.45, 2.75) is 45.7 Å². The molecule has 0 fully saturated rings. The summed E-state index contributed by atoms with van der Waals surface area (Å²) >= 11 is 5.94. The van der Waals surface area contributed by atoms with E-state index in [1.165, 1.54) is 0 Å². The number of benzene rings is 2. The maximum absolute atomic E-state index is 14.2. The highest BCUT2D eigenvalue weighted by Gasteiger charge is 2.38. The summed E-state index contributed by atoms with van der Waals surface area (Å²) in [5.74, 6) is 0.459. The summed E-state index contributed by atoms with van der Waals surface area (Å²) in [5.41, 5.74) is -0.0730. The van der Waals surface area contributed by atoms with Crippen LogP contribution in [-0.4, -0.2) is 19.8 Å². The van der Waals surface area contributed by atoms with Crippen molar-refractivity contribution in [1.29, 1.82) is 0 Å². The highest BCUT2D eigenvalue weighted by Crippen LogP contribution is 2.46. The first-order valence-corrected chi connectivity index (χ1v) is 11.2. The van der Waals surface area contributed by atoms with Crippen molar-refractivity contribution in [3.05, 3.63) is 58.7 Å². The highest BCUT2D eigenvalue weighted by atomic mass is 35.5. The maximum Gasteiger partial charge on any atom is 0.420 e. The third kappa shape index (κ3) is 6.03. The van der Waals surface area contributed by atoms with Gasteiger partial charge in [-0.15, -0.1) is 0 Å². The van der Waals surface area contributed by atoms with E-state index in [1.54, 1.807) is 36.5 Å². The summed E-state index contributed by atoms with van der Waals surface area (Å²) in [6.07, 6.45) is 0.550. The van der Waals surface area contributed by atoms with E-state index >= 15 is 0 Å². The van der Waals surface area contributed by atoms with E-state index in [4.69, 9.17) is 21.1 Å². The summed E-state index contributed by atoms with van der Waals surface area (Å²) in [7, 11) is 0. The second kappa shape index (κ2) is 10.9. The fraction of sp³-hybridized carbons (Fsp3) is 0.417. The van der Waals surface area contributed by atoms with Crippen LogP contribution in [0.25, 0.3) is 5.76 Å². The van der Waals surface area contributed by atoms with Crippen molar-refractivity contribution >= 4 is 23.0 Å². The molecule has 0 aromatic heterocycles. The van der Waals surface area contributed by atoms with Gasteiger partial charge in [-0.25, -0.2) is 0 Å². The number of halogens is 4. The molecule has 4 nitrogen and oxygen atoms in total. The van der Waals surface area contributed by atoms with Gasteiger partial charge in [0.15, 0.2) is 12.5 Å². The molecule has 1 aliphatic heterocycles. The molecule has 0 saturated heterocycles. The van der Waals surface area contributed by atoms with Crippen molar-refractivity contribution in [3.8, 4) is 11.5 Å². The minimum Gasteiger partial charge on any atom is -0.471 e. The molecule has 174 valence electrons. The van der Waals surface area contributed by atoms with Crippen LogP contribution in [0.4, 0.5) is 18.9 Å². The lowest BCUT2D eigenvalue weighted by molar-refractivity contribution is -0.138. The van der Waals surface area contributed by atoms with Gasteiger partial charge in [-0.05, 0) is 49.2 Å². The number of rotatable bonds is 10. The molecular weight excluding hydrogens is 441 g/mol. The average Bonchev–Trinajstić information content (AvgIpc) is 3.30. The lowest BCUT2D eigenvalue weighted by Crippen LogP contribution is -2.27. The standard InChI is InChI=1S/C24H28ClF3N2O2/c1-3-5-11-30(12-6-4-2)21-14-17(22-15-29-16-31-22)13-20(24(26,27)28)23(21)32-19-9-7-18(25)8-10-19/h7-10,13-15,29H,3-6,11-12,16H2,1-2H3. The number of nitrogens with one attached hydrogen (secondary N) is 1. The predicted octanol–water partition coefficient (Wildman–Crippen LogP) is 7.43. The van der Waals surface area contributed by atoms with Gasteiger partial charge < -0.3 is 19.7 Å². The smallest absolute Gasteiger partial charge is 0.420 e. The summed E-state index contributed by atoms with van der Waals surface area (Å²) in [4.78, 5) is 1.99. The molecule has 32 heavy (non-hydrogen) atoms. The largest absolute Gasteiger partial charge is 0.471 e. The number of unbranched alkanes of at least 4 members (excludes halogenated alkanes) is 2. The van der Waals surface area contributed by atoms with E-state index in [1.807, 2.05) is 4.90 Å². The zero-order chi connectivity index (χ0) is 23.1. The van der Waals surface area contributed by atoms with Crippen LogP contribution in [0, 0.1) is 0 Å². The minimum absolute atomic E-state index is 0.206. The number of ether oxygens (including phenoxy) is 2. The van der Waals surface area contributed by atoms with Gasteiger partial charge in [-0.2, -0.15) is 13.2 Å². The zero-order valence-electron chi connectivity index (χ0n) is 18.3. The molecule has 0 saturated carbocycles. The number of anilines is 1. The number of hydrogen-bond donors (Lipinski definition) is 1. The Balaban J connectivity index is 2.17. The van der Waals surface area contributed by atoms with E-state index in [9.17, 15) is 13.2 Å². The van der Waals surface area contributed by atoms with Gasteiger partial charge in [0.25, 0.3) is 0 Å². The van der Waals surface area contributed by atoms with Crippen molar-refractivity contribution in [1.82, 2.24) is 5.32 Å². The molecule has 1 N–H and O–H groups in total. The van der Waals surface area contributed by atoms with E-state index in [2.05, 4.69) is 19.2 Å². The maximum atomic E-state index is 14.2. The van der Waals surface area contributed by atoms with Crippen molar-refractivity contribution in [3.63, 3.8) is 0 Å². The normalized spacial score (nSPS) is 13.4. The van der Waals surface area contributed by atoms with Crippen LogP contribution in [-0.2, 0) is 10.9 Å². The van der Waals surface area contributed by atoms with Gasteiger partial charge in [0.1, 0.15) is 17.1 Å². The first-order chi connectivity index (χ1) is 15.3.